The zero-order valence-electron chi connectivity index (χ0n) is 71.2. The van der Waals surface area contributed by atoms with E-state index in [4.69, 9.17) is 28.7 Å². The van der Waals surface area contributed by atoms with E-state index in [1.54, 1.807) is 90.2 Å². The van der Waals surface area contributed by atoms with Gasteiger partial charge in [-0.1, -0.05) is 171 Å². The van der Waals surface area contributed by atoms with Crippen LogP contribution in [0.5, 0.6) is 0 Å². The summed E-state index contributed by atoms with van der Waals surface area (Å²) < 4.78 is 28.2. The molecule has 1 aliphatic heterocycles. The van der Waals surface area contributed by atoms with Gasteiger partial charge in [-0.15, -0.1) is 22.7 Å². The molecule has 7 aromatic heterocycles. The lowest BCUT2D eigenvalue weighted by Gasteiger charge is -2.30. The highest BCUT2D eigenvalue weighted by molar-refractivity contribution is 7.10. The smallest absolute Gasteiger partial charge is 0.229 e. The normalized spacial score (nSPS) is 13.6. The molecule has 0 radical (unpaired) electrons. The minimum absolute atomic E-state index is 0.00192. The molecule has 0 saturated carbocycles. The number of hydrogen-bond donors (Lipinski definition) is 7. The molecule has 1 saturated heterocycles. The number of aromatic nitrogens is 5. The highest BCUT2D eigenvalue weighted by Crippen LogP contribution is 2.32. The fourth-order valence-corrected chi connectivity index (χ4v) is 17.0. The lowest BCUT2D eigenvalue weighted by Crippen LogP contribution is -2.45. The summed E-state index contributed by atoms with van der Waals surface area (Å²) >= 11 is 3.24. The summed E-state index contributed by atoms with van der Waals surface area (Å²) in [7, 11) is 3.89. The number of Topliss-reactive ketones (excluding diaryl/α,β-unsaturated/α-hetero) is 4. The summed E-state index contributed by atoms with van der Waals surface area (Å²) in [6.07, 6.45) is 19.3. The monoisotopic (exact) mass is 1720 g/mol. The Balaban J connectivity index is 0.000000144. The van der Waals surface area contributed by atoms with Crippen molar-refractivity contribution in [2.75, 3.05) is 64.4 Å². The highest BCUT2D eigenvalue weighted by Gasteiger charge is 2.30. The van der Waals surface area contributed by atoms with Gasteiger partial charge in [-0.2, -0.15) is 0 Å². The number of ketones is 4. The van der Waals surface area contributed by atoms with Gasteiger partial charge >= 0.3 is 0 Å². The minimum atomic E-state index is -0.431. The second-order valence-corrected chi connectivity index (χ2v) is 33.8. The third kappa shape index (κ3) is 26.6. The lowest BCUT2D eigenvalue weighted by molar-refractivity contribution is -0.122. The number of carbonyl (C=O) groups is 5. The molecule has 15 aromatic rings. The second-order valence-electron chi connectivity index (χ2n) is 31.9. The van der Waals surface area contributed by atoms with Crippen molar-refractivity contribution in [2.24, 2.45) is 39.8 Å². The average molecular weight is 1730 g/mol. The Morgan fingerprint density at radius 3 is 1.60 bits per heavy atom. The molecule has 8 heterocycles. The molecule has 1 aliphatic rings. The number of nitrogens with one attached hydrogen (secondary N) is 2. The van der Waals surface area contributed by atoms with Crippen molar-refractivity contribution in [1.82, 2.24) is 40.0 Å². The van der Waals surface area contributed by atoms with Gasteiger partial charge in [-0.05, 0) is 172 Å². The van der Waals surface area contributed by atoms with Gasteiger partial charge in [0.05, 0.1) is 29.5 Å². The molecule has 0 aliphatic carbocycles. The van der Waals surface area contributed by atoms with Crippen LogP contribution in [0.15, 0.2) is 296 Å². The van der Waals surface area contributed by atoms with Crippen molar-refractivity contribution in [1.29, 1.82) is 0 Å². The number of pyridine rings is 5. The number of carbonyl (C=O) groups excluding carboxylic acids is 5. The molecule has 20 nitrogen and oxygen atoms in total. The first-order valence-corrected chi connectivity index (χ1v) is 43.9. The largest absolute Gasteiger partial charge is 0.383 e. The van der Waals surface area contributed by atoms with Crippen LogP contribution in [0, 0.1) is 23.5 Å². The number of aliphatic imine (C=N–C) groups is 1. The number of hydrogen-bond acceptors (Lipinski definition) is 19. The molecule has 24 heteroatoms. The van der Waals surface area contributed by atoms with E-state index in [9.17, 15) is 32.8 Å². The maximum Gasteiger partial charge on any atom is 0.229 e. The van der Waals surface area contributed by atoms with Crippen molar-refractivity contribution < 1.29 is 32.8 Å². The molecule has 16 rings (SSSR count). The standard InChI is InChI=1S/C23H24FN3O.C22H24FN3O.C19H20N4OS.C19H19N3O.C19H20N2OS/c24-21-5-3-18(4-6-21)22(16-27-11-9-25-10-12-27)23(28)14-17-1-2-20-15-26-8-7-19(20)13-17;1-15(26(2)3)19(13-16-7-5-4-6-8-16)22(27)25-20-10-9-17-14-24-12-11-18(17)21(20)23;20-19(21)23-17(18-2-1-9-25-18)6-5-16(24)11-13-3-4-15-12-22-8-7-14(15)10-13;20-12-17(14-4-2-1-3-5-14)18(23)11-13-6-7-16-15(10-13)8-9-22-19(16)21;1-13(19(20)18-3-2-8-23-18)9-17(22)11-14-4-5-16-12-21-7-6-15(16)10-14/h1-8,13,15,22,25H,9-12,14,16H2;4-12,14-15,19H,13H2,1-3H3,(H,25,27);1-4,7-10,12,17H,5-6,11H2,(H4,20,21,23);1-10,17H,11-12,20H2,(H2,21,22);2-8,10,12-13,19H,9,11,20H2,1H3/t;;;17-;/m...1./s1. The van der Waals surface area contributed by atoms with Crippen LogP contribution in [0.2, 0.25) is 0 Å². The van der Waals surface area contributed by atoms with E-state index < -0.39 is 5.82 Å². The fourth-order valence-electron chi connectivity index (χ4n) is 15.4. The number of fused-ring (bicyclic) bond motifs is 5. The predicted octanol–water partition coefficient (Wildman–Crippen LogP) is 17.3. The number of piperazine rings is 1. The van der Waals surface area contributed by atoms with E-state index in [1.165, 1.54) is 12.1 Å². The SMILES string of the molecule is CC(C(Cc1ccccc1)C(=O)Nc1ccc2cnccc2c1F)N(C)C.CC(CC(=O)Cc1ccc2cnccc2c1)C(N)c1cccs1.NC(N)=NC(CCC(=O)Cc1ccc2cnccc2c1)c1cccs1.NC[C@@H](C(=O)Cc1ccc2c(N)nccc2c1)c1ccccc1.O=C(Cc1ccc2cnccc2c1)C(CN1CCNCC1)c1ccc(F)cc1. The summed E-state index contributed by atoms with van der Waals surface area (Å²) in [5, 5.41) is 19.7. The van der Waals surface area contributed by atoms with Gasteiger partial charge in [0.1, 0.15) is 34.8 Å². The summed E-state index contributed by atoms with van der Waals surface area (Å²) in [5.74, 6) is -0.329. The summed E-state index contributed by atoms with van der Waals surface area (Å²) in [4.78, 5) is 94.9. The van der Waals surface area contributed by atoms with Gasteiger partial charge in [-0.25, -0.2) is 18.8 Å². The Hall–Kier alpha value is -12.9. The number of nitrogens with zero attached hydrogens (tertiary/aromatic N) is 8. The first-order chi connectivity index (χ1) is 61.1. The fraction of sp³-hybridized carbons (Fsp3) is 0.245. The van der Waals surface area contributed by atoms with Crippen molar-refractivity contribution in [2.45, 2.75) is 95.2 Å². The molecule has 7 atom stereocenters. The lowest BCUT2D eigenvalue weighted by atomic mass is 9.90. The summed E-state index contributed by atoms with van der Waals surface area (Å²) in [6, 6.07) is 70.5. The van der Waals surface area contributed by atoms with Gasteiger partial charge in [0.25, 0.3) is 0 Å². The number of benzene rings is 8. The molecule has 0 spiro atoms. The van der Waals surface area contributed by atoms with Crippen LogP contribution in [0.4, 0.5) is 20.3 Å². The highest BCUT2D eigenvalue weighted by atomic mass is 32.1. The van der Waals surface area contributed by atoms with Gasteiger partial charge in [0.15, 0.2) is 11.8 Å². The van der Waals surface area contributed by atoms with E-state index in [2.05, 4.69) is 57.6 Å². The molecule has 8 aromatic carbocycles. The van der Waals surface area contributed by atoms with Crippen molar-refractivity contribution in [3.05, 3.63) is 351 Å². The number of anilines is 2. The quantitative estimate of drug-likeness (QED) is 0.0162. The first kappa shape index (κ1) is 92.3. The first-order valence-electron chi connectivity index (χ1n) is 42.2. The number of nitrogen functional groups attached to an aromatic ring is 1. The molecular weight excluding hydrogens is 1620 g/mol. The predicted molar refractivity (Wildman–Crippen MR) is 507 cm³/mol. The van der Waals surface area contributed by atoms with Gasteiger partial charge in [0.2, 0.25) is 5.91 Å². The molecule has 1 fully saturated rings. The Labute approximate surface area is 741 Å². The van der Waals surface area contributed by atoms with Crippen LogP contribution < -0.4 is 39.3 Å². The molecule has 1 amide bonds. The van der Waals surface area contributed by atoms with Crippen molar-refractivity contribution >= 4 is 123 Å². The van der Waals surface area contributed by atoms with E-state index in [0.29, 0.717) is 81.0 Å². The third-order valence-electron chi connectivity index (χ3n) is 22.6. The average Bonchev–Trinajstić information content (AvgIpc) is 0.840. The van der Waals surface area contributed by atoms with Crippen LogP contribution in [0.3, 0.4) is 0 Å². The maximum absolute atomic E-state index is 14.8. The number of halogens is 2. The maximum atomic E-state index is 14.8. The number of nitrogens with two attached hydrogens (primary N) is 5. The van der Waals surface area contributed by atoms with Gasteiger partial charge < -0.3 is 44.2 Å². The second kappa shape index (κ2) is 46.2. The van der Waals surface area contributed by atoms with E-state index in [-0.39, 0.29) is 88.3 Å². The van der Waals surface area contributed by atoms with Gasteiger partial charge in [-0.3, -0.25) is 48.8 Å². The number of guanidine groups is 1. The van der Waals surface area contributed by atoms with Crippen LogP contribution >= 0.6 is 22.7 Å². The van der Waals surface area contributed by atoms with Crippen LogP contribution in [0.1, 0.15) is 106 Å². The zero-order valence-corrected chi connectivity index (χ0v) is 72.9. The Bertz CT molecular complexity index is 6120. The summed E-state index contributed by atoms with van der Waals surface area (Å²) in [6.45, 7) is 8.76. The molecule has 0 bridgehead atoms. The molecular formula is C102H107F2N15O5S2. The van der Waals surface area contributed by atoms with Crippen molar-refractivity contribution in [3.8, 4) is 0 Å². The Morgan fingerprint density at radius 2 is 1.04 bits per heavy atom. The van der Waals surface area contributed by atoms with E-state index in [1.807, 2.05) is 232 Å². The molecule has 6 unspecified atom stereocenters. The number of amides is 1. The van der Waals surface area contributed by atoms with Gasteiger partial charge in [0, 0.05) is 188 Å². The molecule has 12 N–H and O–H groups in total. The molecule has 646 valence electrons. The van der Waals surface area contributed by atoms with E-state index >= 15 is 0 Å². The minimum Gasteiger partial charge on any atom is -0.383 e. The number of rotatable bonds is 30. The van der Waals surface area contributed by atoms with Crippen molar-refractivity contribution in [3.63, 3.8) is 0 Å². The Morgan fingerprint density at radius 1 is 0.532 bits per heavy atom. The summed E-state index contributed by atoms with van der Waals surface area (Å²) in [5.41, 5.74) is 36.1. The zero-order chi connectivity index (χ0) is 88.9. The van der Waals surface area contributed by atoms with Crippen LogP contribution in [-0.2, 0) is 56.1 Å². The topological polar surface area (TPSA) is 323 Å². The Kier molecular flexibility index (Phi) is 33.8. The van der Waals surface area contributed by atoms with Crippen LogP contribution in [-0.4, -0.2) is 129 Å². The van der Waals surface area contributed by atoms with E-state index in [0.717, 1.165) is 118 Å². The molecule has 126 heavy (non-hydrogen) atoms. The van der Waals surface area contributed by atoms with Crippen LogP contribution in [0.25, 0.3) is 53.9 Å². The third-order valence-corrected chi connectivity index (χ3v) is 24.6. The number of thiophene rings is 2.